The Morgan fingerprint density at radius 3 is 2.83 bits per heavy atom. The fraction of sp³-hybridized carbons (Fsp3) is 0.400. The highest BCUT2D eigenvalue weighted by atomic mass is 32.2. The number of benzene rings is 1. The molecule has 3 heteroatoms. The van der Waals surface area contributed by atoms with Gasteiger partial charge in [0.1, 0.15) is 0 Å². The summed E-state index contributed by atoms with van der Waals surface area (Å²) in [5.74, 6) is 2.14. The van der Waals surface area contributed by atoms with Gasteiger partial charge in [0.2, 0.25) is 0 Å². The predicted octanol–water partition coefficient (Wildman–Crippen LogP) is 4.10. The summed E-state index contributed by atoms with van der Waals surface area (Å²) in [4.78, 5) is 5.50. The molecular weight excluding hydrogens is 240 g/mol. The van der Waals surface area contributed by atoms with Crippen LogP contribution in [-0.4, -0.2) is 10.7 Å². The highest BCUT2D eigenvalue weighted by molar-refractivity contribution is 7.99. The standard InChI is InChI=1S/C15H18N2S/c16-14-5-6-15(12-7-8-17-9-13(12)14)18-10-11-3-1-2-4-11/h5-9,11H,1-4,10,16H2. The predicted molar refractivity (Wildman–Crippen MR) is 78.8 cm³/mol. The van der Waals surface area contributed by atoms with Gasteiger partial charge in [-0.1, -0.05) is 12.8 Å². The number of nitrogens with two attached hydrogens (primary N) is 1. The van der Waals surface area contributed by atoms with Crippen LogP contribution in [0.2, 0.25) is 0 Å². The van der Waals surface area contributed by atoms with Crippen molar-refractivity contribution in [3.05, 3.63) is 30.6 Å². The number of thioether (sulfide) groups is 1. The first-order valence-electron chi connectivity index (χ1n) is 6.59. The van der Waals surface area contributed by atoms with Gasteiger partial charge in [0, 0.05) is 39.5 Å². The average molecular weight is 258 g/mol. The first-order valence-corrected chi connectivity index (χ1v) is 7.58. The Labute approximate surface area is 112 Å². The molecule has 0 bridgehead atoms. The smallest absolute Gasteiger partial charge is 0.0410 e. The largest absolute Gasteiger partial charge is 0.398 e. The number of nitrogen functional groups attached to an aromatic ring is 1. The summed E-state index contributed by atoms with van der Waals surface area (Å²) in [6.45, 7) is 0. The second-order valence-corrected chi connectivity index (χ2v) is 6.10. The molecule has 0 atom stereocenters. The molecule has 94 valence electrons. The minimum absolute atomic E-state index is 0.823. The minimum Gasteiger partial charge on any atom is -0.398 e. The third-order valence-corrected chi connectivity index (χ3v) is 5.07. The normalized spacial score (nSPS) is 16.4. The summed E-state index contributed by atoms with van der Waals surface area (Å²) in [5, 5.41) is 2.32. The van der Waals surface area contributed by atoms with Crippen LogP contribution in [0.3, 0.4) is 0 Å². The van der Waals surface area contributed by atoms with Gasteiger partial charge >= 0.3 is 0 Å². The Morgan fingerprint density at radius 1 is 1.17 bits per heavy atom. The highest BCUT2D eigenvalue weighted by Crippen LogP contribution is 2.35. The molecule has 1 fully saturated rings. The van der Waals surface area contributed by atoms with Crippen LogP contribution in [0.15, 0.2) is 35.5 Å². The second kappa shape index (κ2) is 5.19. The maximum absolute atomic E-state index is 5.99. The van der Waals surface area contributed by atoms with Crippen LogP contribution in [0, 0.1) is 5.92 Å². The van der Waals surface area contributed by atoms with Crippen LogP contribution in [0.25, 0.3) is 10.8 Å². The maximum Gasteiger partial charge on any atom is 0.0410 e. The van der Waals surface area contributed by atoms with Gasteiger partial charge in [0.15, 0.2) is 0 Å². The van der Waals surface area contributed by atoms with Crippen LogP contribution in [0.5, 0.6) is 0 Å². The zero-order valence-corrected chi connectivity index (χ0v) is 11.2. The summed E-state index contributed by atoms with van der Waals surface area (Å²) >= 11 is 1.97. The van der Waals surface area contributed by atoms with Crippen molar-refractivity contribution in [2.45, 2.75) is 30.6 Å². The molecule has 1 aromatic carbocycles. The van der Waals surface area contributed by atoms with E-state index in [1.54, 1.807) is 0 Å². The molecule has 1 heterocycles. The van der Waals surface area contributed by atoms with E-state index >= 15 is 0 Å². The monoisotopic (exact) mass is 258 g/mol. The maximum atomic E-state index is 5.99. The fourth-order valence-corrected chi connectivity index (χ4v) is 3.94. The van der Waals surface area contributed by atoms with E-state index in [1.807, 2.05) is 30.2 Å². The quantitative estimate of drug-likeness (QED) is 0.665. The van der Waals surface area contributed by atoms with Gasteiger partial charge in [-0.05, 0) is 37.0 Å². The van der Waals surface area contributed by atoms with Gasteiger partial charge in [0.05, 0.1) is 0 Å². The molecule has 0 saturated heterocycles. The van der Waals surface area contributed by atoms with Crippen molar-refractivity contribution in [1.82, 2.24) is 4.98 Å². The molecule has 2 nitrogen and oxygen atoms in total. The summed E-state index contributed by atoms with van der Waals surface area (Å²) in [5.41, 5.74) is 6.82. The van der Waals surface area contributed by atoms with Crippen molar-refractivity contribution in [2.75, 3.05) is 11.5 Å². The third-order valence-electron chi connectivity index (χ3n) is 3.76. The van der Waals surface area contributed by atoms with E-state index in [1.165, 1.54) is 41.7 Å². The number of pyridine rings is 1. The molecule has 2 aromatic rings. The van der Waals surface area contributed by atoms with Gasteiger partial charge in [-0.3, -0.25) is 4.98 Å². The Kier molecular flexibility index (Phi) is 3.41. The molecule has 0 radical (unpaired) electrons. The number of fused-ring (bicyclic) bond motifs is 1. The molecule has 1 aliphatic carbocycles. The van der Waals surface area contributed by atoms with Crippen LogP contribution in [-0.2, 0) is 0 Å². The van der Waals surface area contributed by atoms with Crippen LogP contribution in [0.4, 0.5) is 5.69 Å². The van der Waals surface area contributed by atoms with Gasteiger partial charge in [-0.2, -0.15) is 0 Å². The van der Waals surface area contributed by atoms with Gasteiger partial charge in [-0.15, -0.1) is 11.8 Å². The first-order chi connectivity index (χ1) is 8.84. The van der Waals surface area contributed by atoms with Crippen molar-refractivity contribution in [3.63, 3.8) is 0 Å². The van der Waals surface area contributed by atoms with Gasteiger partial charge in [0.25, 0.3) is 0 Å². The Morgan fingerprint density at radius 2 is 2.00 bits per heavy atom. The molecular formula is C15H18N2S. The zero-order chi connectivity index (χ0) is 12.4. The summed E-state index contributed by atoms with van der Waals surface area (Å²) in [7, 11) is 0. The summed E-state index contributed by atoms with van der Waals surface area (Å²) < 4.78 is 0. The van der Waals surface area contributed by atoms with Crippen molar-refractivity contribution in [1.29, 1.82) is 0 Å². The molecule has 0 spiro atoms. The Balaban J connectivity index is 1.85. The van der Waals surface area contributed by atoms with E-state index in [0.29, 0.717) is 0 Å². The summed E-state index contributed by atoms with van der Waals surface area (Å²) in [6.07, 6.45) is 9.35. The number of anilines is 1. The van der Waals surface area contributed by atoms with E-state index in [9.17, 15) is 0 Å². The van der Waals surface area contributed by atoms with Gasteiger partial charge in [-0.25, -0.2) is 0 Å². The Bertz CT molecular complexity index is 547. The topological polar surface area (TPSA) is 38.9 Å². The van der Waals surface area contributed by atoms with E-state index in [-0.39, 0.29) is 0 Å². The zero-order valence-electron chi connectivity index (χ0n) is 10.4. The number of aromatic nitrogens is 1. The number of hydrogen-bond acceptors (Lipinski definition) is 3. The van der Waals surface area contributed by atoms with Crippen LogP contribution >= 0.6 is 11.8 Å². The lowest BCUT2D eigenvalue weighted by molar-refractivity contribution is 0.623. The molecule has 2 N–H and O–H groups in total. The van der Waals surface area contributed by atoms with E-state index in [4.69, 9.17) is 5.73 Å². The molecule has 1 aliphatic rings. The van der Waals surface area contributed by atoms with E-state index < -0.39 is 0 Å². The molecule has 1 aromatic heterocycles. The number of nitrogens with zero attached hydrogens (tertiary/aromatic N) is 1. The highest BCUT2D eigenvalue weighted by Gasteiger charge is 2.15. The second-order valence-electron chi connectivity index (χ2n) is 5.04. The lowest BCUT2D eigenvalue weighted by Crippen LogP contribution is -1.97. The van der Waals surface area contributed by atoms with Crippen molar-refractivity contribution < 1.29 is 0 Å². The molecule has 0 unspecified atom stereocenters. The Hall–Kier alpha value is -1.22. The molecule has 18 heavy (non-hydrogen) atoms. The van der Waals surface area contributed by atoms with Gasteiger partial charge < -0.3 is 5.73 Å². The van der Waals surface area contributed by atoms with Crippen molar-refractivity contribution in [2.24, 2.45) is 5.92 Å². The first kappa shape index (κ1) is 11.8. The molecule has 0 amide bonds. The van der Waals surface area contributed by atoms with Crippen LogP contribution < -0.4 is 5.73 Å². The SMILES string of the molecule is Nc1ccc(SCC2CCCC2)c2ccncc12. The minimum atomic E-state index is 0.823. The fourth-order valence-electron chi connectivity index (χ4n) is 2.69. The summed E-state index contributed by atoms with van der Waals surface area (Å²) in [6, 6.07) is 6.22. The molecule has 0 aliphatic heterocycles. The van der Waals surface area contributed by atoms with Crippen molar-refractivity contribution in [3.8, 4) is 0 Å². The number of rotatable bonds is 3. The average Bonchev–Trinajstić information content (AvgIpc) is 2.92. The lowest BCUT2D eigenvalue weighted by atomic mass is 10.1. The van der Waals surface area contributed by atoms with E-state index in [0.717, 1.165) is 17.0 Å². The van der Waals surface area contributed by atoms with Crippen molar-refractivity contribution >= 4 is 28.2 Å². The number of hydrogen-bond donors (Lipinski definition) is 1. The van der Waals surface area contributed by atoms with E-state index in [2.05, 4.69) is 17.1 Å². The van der Waals surface area contributed by atoms with Crippen LogP contribution in [0.1, 0.15) is 25.7 Å². The third kappa shape index (κ3) is 2.32. The molecule has 1 saturated carbocycles. The molecule has 3 rings (SSSR count). The lowest BCUT2D eigenvalue weighted by Gasteiger charge is -2.11.